The Kier molecular flexibility index (Phi) is 6.27. The van der Waals surface area contributed by atoms with Crippen molar-refractivity contribution in [2.24, 2.45) is 29.3 Å². The summed E-state index contributed by atoms with van der Waals surface area (Å²) in [6, 6.07) is 0.265. The van der Waals surface area contributed by atoms with Gasteiger partial charge in [-0.1, -0.05) is 26.8 Å². The lowest BCUT2D eigenvalue weighted by atomic mass is 9.97. The minimum Gasteiger partial charge on any atom is -0.444 e. The molecule has 2 aliphatic heterocycles. The lowest BCUT2D eigenvalue weighted by Crippen LogP contribution is -2.50. The molecule has 8 heteroatoms. The first-order valence-electron chi connectivity index (χ1n) is 12.4. The Morgan fingerprint density at radius 2 is 1.79 bits per heavy atom. The van der Waals surface area contributed by atoms with Crippen molar-refractivity contribution in [2.45, 2.75) is 72.6 Å². The number of carbonyl (C=O) groups excluding carboxylic acids is 1. The fraction of sp³-hybridized carbons (Fsp3) is 0.800. The van der Waals surface area contributed by atoms with E-state index in [1.165, 1.54) is 6.42 Å². The van der Waals surface area contributed by atoms with Gasteiger partial charge in [0, 0.05) is 46.3 Å². The van der Waals surface area contributed by atoms with Crippen molar-refractivity contribution in [3.05, 3.63) is 21.3 Å². The lowest BCUT2D eigenvalue weighted by molar-refractivity contribution is 0.0140. The minimum absolute atomic E-state index is 0.0331. The third kappa shape index (κ3) is 5.53. The molecule has 4 rings (SSSR count). The molecule has 1 unspecified atom stereocenters. The summed E-state index contributed by atoms with van der Waals surface area (Å²) >= 11 is 0. The lowest BCUT2D eigenvalue weighted by Gasteiger charge is -2.35. The van der Waals surface area contributed by atoms with Gasteiger partial charge in [-0.25, -0.2) is 9.59 Å². The maximum Gasteiger partial charge on any atom is 0.410 e. The van der Waals surface area contributed by atoms with E-state index in [9.17, 15) is 9.59 Å². The van der Waals surface area contributed by atoms with Crippen molar-refractivity contribution >= 4 is 12.2 Å². The molecule has 3 heterocycles. The van der Waals surface area contributed by atoms with Gasteiger partial charge in [0.05, 0.1) is 11.4 Å². The molecule has 33 heavy (non-hydrogen) atoms. The number of carbonyl (C=O) groups is 1. The Balaban J connectivity index is 1.34. The molecule has 3 aliphatic rings. The van der Waals surface area contributed by atoms with Crippen molar-refractivity contribution in [2.75, 3.05) is 32.7 Å². The molecule has 0 aromatic carbocycles. The van der Waals surface area contributed by atoms with Crippen LogP contribution in [0.4, 0.5) is 4.79 Å². The van der Waals surface area contributed by atoms with Gasteiger partial charge in [0.25, 0.3) is 0 Å². The first-order valence-corrected chi connectivity index (χ1v) is 12.4. The molecule has 0 bridgehead atoms. The molecule has 1 aromatic heterocycles. The summed E-state index contributed by atoms with van der Waals surface area (Å²) in [5, 5.41) is 0.990. The minimum atomic E-state index is -0.451. The molecule has 184 valence electrons. The summed E-state index contributed by atoms with van der Waals surface area (Å²) in [5.41, 5.74) is 0.467. The number of fused-ring (bicyclic) bond motifs is 1. The van der Waals surface area contributed by atoms with Gasteiger partial charge in [0.2, 0.25) is 0 Å². The zero-order valence-corrected chi connectivity index (χ0v) is 21.4. The van der Waals surface area contributed by atoms with E-state index < -0.39 is 5.60 Å². The van der Waals surface area contributed by atoms with Crippen molar-refractivity contribution in [1.29, 1.82) is 0 Å². The van der Waals surface area contributed by atoms with Crippen LogP contribution in [0.15, 0.2) is 9.79 Å². The topological polar surface area (TPSA) is 72.1 Å². The number of rotatable bonds is 4. The highest BCUT2D eigenvalue weighted by atomic mass is 16.6. The molecule has 8 nitrogen and oxygen atoms in total. The summed E-state index contributed by atoms with van der Waals surface area (Å²) in [4.78, 5) is 34.4. The second kappa shape index (κ2) is 8.60. The van der Waals surface area contributed by atoms with Gasteiger partial charge < -0.3 is 9.64 Å². The Morgan fingerprint density at radius 3 is 2.39 bits per heavy atom. The number of hydrogen-bond donors (Lipinski definition) is 0. The van der Waals surface area contributed by atoms with E-state index in [2.05, 4.69) is 31.7 Å². The van der Waals surface area contributed by atoms with Crippen molar-refractivity contribution in [3.8, 4) is 0 Å². The van der Waals surface area contributed by atoms with Crippen LogP contribution < -0.4 is 16.5 Å². The highest BCUT2D eigenvalue weighted by molar-refractivity contribution is 5.68. The average molecular weight is 460 g/mol. The van der Waals surface area contributed by atoms with Crippen molar-refractivity contribution in [1.82, 2.24) is 18.9 Å². The van der Waals surface area contributed by atoms with Crippen LogP contribution in [-0.4, -0.2) is 69.4 Å². The van der Waals surface area contributed by atoms with Crippen LogP contribution in [0.2, 0.25) is 0 Å². The van der Waals surface area contributed by atoms with Gasteiger partial charge in [-0.3, -0.25) is 19.0 Å². The number of aromatic nitrogens is 2. The van der Waals surface area contributed by atoms with Crippen molar-refractivity contribution < 1.29 is 9.53 Å². The third-order valence-electron chi connectivity index (χ3n) is 6.82. The first-order chi connectivity index (χ1) is 15.3. The monoisotopic (exact) mass is 459 g/mol. The van der Waals surface area contributed by atoms with Gasteiger partial charge in [0.1, 0.15) is 5.60 Å². The Hall–Kier alpha value is -2.09. The predicted octanol–water partition coefficient (Wildman–Crippen LogP) is 1.59. The number of nitrogens with zero attached hydrogens (tertiary/aromatic N) is 5. The molecule has 2 fully saturated rings. The maximum absolute atomic E-state index is 12.8. The summed E-state index contributed by atoms with van der Waals surface area (Å²) < 4.78 is 9.12. The maximum atomic E-state index is 12.8. The van der Waals surface area contributed by atoms with E-state index in [0.717, 1.165) is 50.0 Å². The average Bonchev–Trinajstić information content (AvgIpc) is 3.44. The number of imidazole rings is 1. The standard InChI is InChI=1S/C25H41N5O3/c1-24(2,3)16-30-20-9-8-19(26-21(20)27(7)22(30)31)18-14-17(18)15-28-10-12-29(13-11-28)23(32)33-25(4,5)6/h9,17-19H,8,10-16H2,1-7H3/t17-,18+,19?/m1/s1. The molecule has 1 saturated carbocycles. The predicted molar refractivity (Wildman–Crippen MR) is 129 cm³/mol. The summed E-state index contributed by atoms with van der Waals surface area (Å²) in [5.74, 6) is 1.23. The smallest absolute Gasteiger partial charge is 0.410 e. The van der Waals surface area contributed by atoms with Crippen LogP contribution in [0, 0.1) is 17.3 Å². The van der Waals surface area contributed by atoms with Gasteiger partial charge in [-0.05, 0) is 50.9 Å². The summed E-state index contributed by atoms with van der Waals surface area (Å²) in [6.07, 6.45) is 4.13. The Labute approximate surface area is 196 Å². The van der Waals surface area contributed by atoms with Crippen LogP contribution in [-0.2, 0) is 18.3 Å². The molecular formula is C25H41N5O3. The quantitative estimate of drug-likeness (QED) is 0.686. The van der Waals surface area contributed by atoms with Crippen LogP contribution >= 0.6 is 0 Å². The van der Waals surface area contributed by atoms with E-state index in [0.29, 0.717) is 18.4 Å². The van der Waals surface area contributed by atoms with E-state index in [-0.39, 0.29) is 23.2 Å². The van der Waals surface area contributed by atoms with Gasteiger partial charge in [0.15, 0.2) is 5.49 Å². The fourth-order valence-corrected chi connectivity index (χ4v) is 5.08. The summed E-state index contributed by atoms with van der Waals surface area (Å²) in [7, 11) is 1.84. The molecule has 1 amide bonds. The molecule has 1 aromatic rings. The highest BCUT2D eigenvalue weighted by Crippen LogP contribution is 2.44. The van der Waals surface area contributed by atoms with Crippen LogP contribution in [0.25, 0.3) is 6.08 Å². The zero-order chi connectivity index (χ0) is 24.1. The van der Waals surface area contributed by atoms with E-state index in [1.54, 1.807) is 4.57 Å². The number of amides is 1. The molecule has 0 N–H and O–H groups in total. The Morgan fingerprint density at radius 1 is 1.12 bits per heavy atom. The number of ether oxygens (including phenoxy) is 1. The first kappa shape index (κ1) is 24.0. The summed E-state index contributed by atoms with van der Waals surface area (Å²) in [6.45, 7) is 17.2. The molecule has 0 radical (unpaired) electrons. The number of hydrogen-bond acceptors (Lipinski definition) is 5. The van der Waals surface area contributed by atoms with E-state index in [4.69, 9.17) is 9.73 Å². The zero-order valence-electron chi connectivity index (χ0n) is 21.4. The van der Waals surface area contributed by atoms with Gasteiger partial charge in [-0.15, -0.1) is 0 Å². The molecule has 3 atom stereocenters. The fourth-order valence-electron chi connectivity index (χ4n) is 5.08. The molecule has 1 aliphatic carbocycles. The highest BCUT2D eigenvalue weighted by Gasteiger charge is 2.44. The van der Waals surface area contributed by atoms with Gasteiger partial charge in [-0.2, -0.15) is 0 Å². The van der Waals surface area contributed by atoms with E-state index in [1.807, 2.05) is 37.3 Å². The van der Waals surface area contributed by atoms with E-state index >= 15 is 0 Å². The van der Waals surface area contributed by atoms with Crippen molar-refractivity contribution in [3.63, 3.8) is 0 Å². The largest absolute Gasteiger partial charge is 0.444 e. The van der Waals surface area contributed by atoms with Gasteiger partial charge >= 0.3 is 11.8 Å². The second-order valence-electron chi connectivity index (χ2n) is 12.3. The van der Waals surface area contributed by atoms with Crippen LogP contribution in [0.3, 0.4) is 0 Å². The molecule has 1 saturated heterocycles. The van der Waals surface area contributed by atoms with Crippen LogP contribution in [0.5, 0.6) is 0 Å². The SMILES string of the molecule is Cn1c2c(n(CC(C)(C)C)c1=O)=CCC([C@H]1C[C@@H]1CN1CCN(C(=O)OC(C)(C)C)CC1)N=2. The third-order valence-corrected chi connectivity index (χ3v) is 6.82. The molecular weight excluding hydrogens is 418 g/mol. The normalized spacial score (nSPS) is 25.8. The Bertz CT molecular complexity index is 1060. The van der Waals surface area contributed by atoms with Crippen LogP contribution in [0.1, 0.15) is 54.4 Å². The second-order valence-corrected chi connectivity index (χ2v) is 12.3. The number of piperazine rings is 1. The molecule has 0 spiro atoms.